The van der Waals surface area contributed by atoms with Crippen molar-refractivity contribution in [1.82, 2.24) is 26.2 Å². The summed E-state index contributed by atoms with van der Waals surface area (Å²) in [5.74, 6) is -3.32. The van der Waals surface area contributed by atoms with Crippen molar-refractivity contribution in [3.63, 3.8) is 0 Å². The number of hydrogen-bond acceptors (Lipinski definition) is 9. The summed E-state index contributed by atoms with van der Waals surface area (Å²) in [6.45, 7) is 2.91. The van der Waals surface area contributed by atoms with E-state index >= 15 is 0 Å². The van der Waals surface area contributed by atoms with Crippen LogP contribution >= 0.6 is 0 Å². The van der Waals surface area contributed by atoms with Crippen LogP contribution in [0.1, 0.15) is 48.2 Å². The molecule has 5 N–H and O–H groups in total. The average Bonchev–Trinajstić information content (AvgIpc) is 3.15. The fourth-order valence-corrected chi connectivity index (χ4v) is 6.11. The fourth-order valence-electron chi connectivity index (χ4n) is 6.11. The molecule has 53 heavy (non-hydrogen) atoms. The van der Waals surface area contributed by atoms with Gasteiger partial charge in [0.15, 0.2) is 5.60 Å². The van der Waals surface area contributed by atoms with Crippen molar-refractivity contribution in [3.05, 3.63) is 95.3 Å². The number of likely N-dealkylation sites (tertiary alicyclic amines) is 1. The van der Waals surface area contributed by atoms with Gasteiger partial charge in [0, 0.05) is 37.9 Å². The molecule has 2 bridgehead atoms. The van der Waals surface area contributed by atoms with Gasteiger partial charge in [0.05, 0.1) is 24.3 Å². The van der Waals surface area contributed by atoms with E-state index in [1.54, 1.807) is 24.3 Å². The first kappa shape index (κ1) is 38.2. The van der Waals surface area contributed by atoms with Crippen LogP contribution < -0.4 is 30.7 Å². The van der Waals surface area contributed by atoms with Crippen LogP contribution in [0.25, 0.3) is 0 Å². The van der Waals surface area contributed by atoms with E-state index in [2.05, 4.69) is 21.3 Å². The molecule has 3 aromatic rings. The van der Waals surface area contributed by atoms with Gasteiger partial charge in [0.1, 0.15) is 42.0 Å². The van der Waals surface area contributed by atoms with E-state index in [0.29, 0.717) is 5.75 Å². The summed E-state index contributed by atoms with van der Waals surface area (Å²) in [6.07, 6.45) is -1.36. The number of nitriles is 1. The maximum absolute atomic E-state index is 14.1. The van der Waals surface area contributed by atoms with Crippen molar-refractivity contribution in [3.8, 4) is 17.6 Å². The normalized spacial score (nSPS) is 21.8. The number of carbonyl (C=O) groups excluding carboxylic acids is 5. The Morgan fingerprint density at radius 3 is 2.30 bits per heavy atom. The highest BCUT2D eigenvalue weighted by atomic mass is 19.1. The van der Waals surface area contributed by atoms with Crippen molar-refractivity contribution < 1.29 is 42.9 Å². The van der Waals surface area contributed by atoms with Crippen LogP contribution in [0.5, 0.6) is 11.5 Å². The Balaban J connectivity index is 1.39. The summed E-state index contributed by atoms with van der Waals surface area (Å²) < 4.78 is 26.3. The third-order valence-corrected chi connectivity index (χ3v) is 9.07. The van der Waals surface area contributed by atoms with Gasteiger partial charge in [-0.05, 0) is 61.9 Å². The number of carbonyl (C=O) groups is 5. The van der Waals surface area contributed by atoms with Crippen molar-refractivity contribution >= 4 is 29.5 Å². The van der Waals surface area contributed by atoms with Crippen LogP contribution in [0, 0.1) is 17.1 Å². The fraction of sp³-hybridized carbons (Fsp3) is 0.368. The second-order valence-corrected chi connectivity index (χ2v) is 13.0. The summed E-state index contributed by atoms with van der Waals surface area (Å²) in [4.78, 5) is 68.9. The molecule has 278 valence electrons. The molecule has 3 heterocycles. The molecule has 0 saturated carbocycles. The third-order valence-electron chi connectivity index (χ3n) is 9.07. The molecule has 5 amide bonds. The summed E-state index contributed by atoms with van der Waals surface area (Å²) in [5.41, 5.74) is -0.881. The number of ether oxygens (including phenoxy) is 2. The largest absolute Gasteiger partial charge is 0.492 e. The molecular formula is C38H41FN6O8. The van der Waals surface area contributed by atoms with E-state index in [4.69, 9.17) is 9.47 Å². The van der Waals surface area contributed by atoms with E-state index in [-0.39, 0.29) is 62.4 Å². The van der Waals surface area contributed by atoms with E-state index in [0.717, 1.165) is 17.7 Å². The zero-order valence-electron chi connectivity index (χ0n) is 29.3. The minimum atomic E-state index is -1.63. The zero-order valence-corrected chi connectivity index (χ0v) is 29.3. The monoisotopic (exact) mass is 728 g/mol. The molecule has 6 rings (SSSR count). The Labute approximate surface area is 305 Å². The number of benzene rings is 3. The highest BCUT2D eigenvalue weighted by Crippen LogP contribution is 2.31. The van der Waals surface area contributed by atoms with Crippen molar-refractivity contribution in [2.45, 2.75) is 62.9 Å². The highest BCUT2D eigenvalue weighted by Gasteiger charge is 2.46. The quantitative estimate of drug-likeness (QED) is 0.246. The molecule has 3 aromatic carbocycles. The van der Waals surface area contributed by atoms with Crippen LogP contribution in [0.2, 0.25) is 0 Å². The summed E-state index contributed by atoms with van der Waals surface area (Å²) in [5, 5.41) is 30.5. The van der Waals surface area contributed by atoms with Crippen LogP contribution in [0.4, 0.5) is 4.39 Å². The van der Waals surface area contributed by atoms with Crippen LogP contribution in [0.3, 0.4) is 0 Å². The molecule has 3 aliphatic heterocycles. The summed E-state index contributed by atoms with van der Waals surface area (Å²) in [6, 6.07) is 16.9. The maximum atomic E-state index is 14.1. The Morgan fingerprint density at radius 1 is 0.962 bits per heavy atom. The molecule has 15 heteroatoms. The van der Waals surface area contributed by atoms with E-state index in [9.17, 15) is 38.7 Å². The number of nitrogens with one attached hydrogen (secondary N) is 4. The second-order valence-electron chi connectivity index (χ2n) is 13.0. The molecule has 1 saturated heterocycles. The van der Waals surface area contributed by atoms with Gasteiger partial charge in [0.2, 0.25) is 17.7 Å². The lowest BCUT2D eigenvalue weighted by Gasteiger charge is -2.41. The van der Waals surface area contributed by atoms with E-state index in [1.165, 1.54) is 24.8 Å². The van der Waals surface area contributed by atoms with Gasteiger partial charge in [-0.25, -0.2) is 4.39 Å². The smallest absolute Gasteiger partial charge is 0.265 e. The molecule has 1 spiro atoms. The highest BCUT2D eigenvalue weighted by molar-refractivity contribution is 5.97. The first-order chi connectivity index (χ1) is 25.4. The topological polar surface area (TPSA) is 199 Å². The molecule has 1 unspecified atom stereocenters. The first-order valence-electron chi connectivity index (χ1n) is 17.2. The van der Waals surface area contributed by atoms with Gasteiger partial charge in [-0.3, -0.25) is 24.0 Å². The minimum absolute atomic E-state index is 0.00946. The molecular weight excluding hydrogens is 687 g/mol. The van der Waals surface area contributed by atoms with Crippen molar-refractivity contribution in [1.29, 1.82) is 5.26 Å². The number of rotatable bonds is 4. The van der Waals surface area contributed by atoms with Gasteiger partial charge in [-0.1, -0.05) is 30.3 Å². The summed E-state index contributed by atoms with van der Waals surface area (Å²) >= 11 is 0. The molecule has 0 aromatic heterocycles. The minimum Gasteiger partial charge on any atom is -0.492 e. The summed E-state index contributed by atoms with van der Waals surface area (Å²) in [7, 11) is 0. The Morgan fingerprint density at radius 2 is 1.64 bits per heavy atom. The number of halogens is 1. The van der Waals surface area contributed by atoms with Gasteiger partial charge in [0.25, 0.3) is 11.8 Å². The number of piperidine rings is 1. The SMILES string of the molecule is C[C@@H]1NC(=O)C([C@@H](C)O)NC(=O)C2(CCN(C(=O)c3cc(F)cc(C#N)c3)CC2)Oc2ccc(cc2)OCCNC(=O)[C@H](Cc2ccccc2)NC1=O. The lowest BCUT2D eigenvalue weighted by Crippen LogP contribution is -2.63. The Bertz CT molecular complexity index is 1860. The Hall–Kier alpha value is -6.01. The number of nitrogens with zero attached hydrogens (tertiary/aromatic N) is 2. The van der Waals surface area contributed by atoms with E-state index in [1.807, 2.05) is 36.4 Å². The average molecular weight is 729 g/mol. The second kappa shape index (κ2) is 17.0. The maximum Gasteiger partial charge on any atom is 0.265 e. The van der Waals surface area contributed by atoms with Gasteiger partial charge in [-0.2, -0.15) is 5.26 Å². The van der Waals surface area contributed by atoms with Gasteiger partial charge in [-0.15, -0.1) is 0 Å². The van der Waals surface area contributed by atoms with Crippen molar-refractivity contribution in [2.75, 3.05) is 26.2 Å². The van der Waals surface area contributed by atoms with Gasteiger partial charge < -0.3 is 40.7 Å². The number of aliphatic hydroxyl groups excluding tert-OH is 1. The lowest BCUT2D eigenvalue weighted by molar-refractivity contribution is -0.145. The number of amides is 5. The lowest BCUT2D eigenvalue weighted by atomic mass is 9.88. The third kappa shape index (κ3) is 9.66. The molecule has 14 nitrogen and oxygen atoms in total. The predicted octanol–water partition coefficient (Wildman–Crippen LogP) is 1.36. The Kier molecular flexibility index (Phi) is 12.3. The standard InChI is InChI=1S/C38H41FN6O8/c1-23-33(47)43-31(20-25-6-4-3-5-7-25)34(48)41-14-17-52-29-8-10-30(11-9-29)53-38(37(51)44-32(24(2)46)35(49)42-23)12-15-45(16-13-38)36(50)27-18-26(22-40)19-28(39)21-27/h3-11,18-19,21,23-24,31-32,46H,12-17,20H2,1-2H3,(H,41,48)(H,42,49)(H,43,47)(H,44,51)/t23-,24+,31-,32?/m0/s1. The molecule has 1 fully saturated rings. The van der Waals surface area contributed by atoms with Crippen molar-refractivity contribution in [2.24, 2.45) is 0 Å². The number of aliphatic hydroxyl groups is 1. The molecule has 4 atom stereocenters. The molecule has 0 radical (unpaired) electrons. The zero-order chi connectivity index (χ0) is 38.1. The van der Waals surface area contributed by atoms with Crippen LogP contribution in [-0.4, -0.2) is 95.6 Å². The first-order valence-corrected chi connectivity index (χ1v) is 17.2. The number of hydrogen-bond donors (Lipinski definition) is 5. The van der Waals surface area contributed by atoms with E-state index < -0.39 is 65.2 Å². The molecule has 3 aliphatic rings. The predicted molar refractivity (Wildman–Crippen MR) is 188 cm³/mol. The number of fused-ring (bicyclic) bond motifs is 15. The van der Waals surface area contributed by atoms with Gasteiger partial charge >= 0.3 is 0 Å². The van der Waals surface area contributed by atoms with Crippen LogP contribution in [0.15, 0.2) is 72.8 Å². The molecule has 0 aliphatic carbocycles. The van der Waals surface area contributed by atoms with Crippen LogP contribution in [-0.2, 0) is 25.6 Å².